The van der Waals surface area contributed by atoms with Gasteiger partial charge in [-0.25, -0.2) is 0 Å². The summed E-state index contributed by atoms with van der Waals surface area (Å²) >= 11 is 0. The van der Waals surface area contributed by atoms with Crippen molar-refractivity contribution in [1.82, 2.24) is 0 Å². The smallest absolute Gasteiger partial charge is 0.143 e. The van der Waals surface area contributed by atoms with Crippen LogP contribution in [-0.2, 0) is 0 Å². The van der Waals surface area contributed by atoms with Gasteiger partial charge in [-0.15, -0.1) is 0 Å². The molecule has 0 radical (unpaired) electrons. The molecular weight excluding hydrogens is 1190 g/mol. The molecule has 2 heteroatoms. The zero-order valence-electron chi connectivity index (χ0n) is 53.0. The Bertz CT molecular complexity index is 7190. The third kappa shape index (κ3) is 7.63. The molecule has 22 rings (SSSR count). The quantitative estimate of drug-likeness (QED) is 0.127. The Morgan fingerprint density at radius 1 is 0.143 bits per heavy atom. The average molecular weight is 1240 g/mol. The molecule has 0 aliphatic heterocycles. The highest BCUT2D eigenvalue weighted by Crippen LogP contribution is 2.52. The van der Waals surface area contributed by atoms with Gasteiger partial charge in [0.25, 0.3) is 0 Å². The zero-order valence-corrected chi connectivity index (χ0v) is 53.0. The predicted molar refractivity (Wildman–Crippen MR) is 418 cm³/mol. The van der Waals surface area contributed by atoms with Crippen LogP contribution in [0.2, 0.25) is 0 Å². The molecule has 0 amide bonds. The summed E-state index contributed by atoms with van der Waals surface area (Å²) in [5, 5.41) is 33.7. The fourth-order valence-electron chi connectivity index (χ4n) is 17.4. The van der Waals surface area contributed by atoms with Gasteiger partial charge in [-0.1, -0.05) is 267 Å². The van der Waals surface area contributed by atoms with Gasteiger partial charge in [0.2, 0.25) is 0 Å². The maximum atomic E-state index is 6.65. The van der Waals surface area contributed by atoms with E-state index in [1.54, 1.807) is 0 Å². The van der Waals surface area contributed by atoms with Crippen molar-refractivity contribution in [3.05, 3.63) is 328 Å². The van der Waals surface area contributed by atoms with Crippen molar-refractivity contribution in [1.29, 1.82) is 0 Å². The summed E-state index contributed by atoms with van der Waals surface area (Å²) in [5.74, 6) is 0. The second kappa shape index (κ2) is 20.3. The number of hydrogen-bond donors (Lipinski definition) is 0. The van der Waals surface area contributed by atoms with E-state index in [2.05, 4.69) is 328 Å². The van der Waals surface area contributed by atoms with Crippen LogP contribution in [0.3, 0.4) is 0 Å². The van der Waals surface area contributed by atoms with E-state index in [-0.39, 0.29) is 0 Å². The van der Waals surface area contributed by atoms with E-state index >= 15 is 0 Å². The van der Waals surface area contributed by atoms with Crippen LogP contribution in [-0.4, -0.2) is 0 Å². The predicted octanol–water partition coefficient (Wildman–Crippen LogP) is 27.7. The summed E-state index contributed by atoms with van der Waals surface area (Å²) in [6.07, 6.45) is 0. The molecule has 20 aromatic carbocycles. The van der Waals surface area contributed by atoms with Gasteiger partial charge in [-0.3, -0.25) is 0 Å². The van der Waals surface area contributed by atoms with Crippen molar-refractivity contribution in [3.8, 4) is 55.6 Å². The van der Waals surface area contributed by atoms with Crippen LogP contribution in [0.1, 0.15) is 0 Å². The van der Waals surface area contributed by atoms with E-state index in [1.165, 1.54) is 174 Å². The lowest BCUT2D eigenvalue weighted by molar-refractivity contribution is 0.672. The lowest BCUT2D eigenvalue weighted by atomic mass is 9.82. The first-order chi connectivity index (χ1) is 48.6. The molecule has 0 aliphatic carbocycles. The van der Waals surface area contributed by atoms with Gasteiger partial charge in [0.05, 0.1) is 0 Å². The van der Waals surface area contributed by atoms with E-state index < -0.39 is 0 Å². The first-order valence-corrected chi connectivity index (χ1v) is 33.9. The minimum Gasteiger partial charge on any atom is -0.455 e. The Balaban J connectivity index is 0.669. The SMILES string of the molecule is c1cc(-c2ccc3c(ccc4c(-c5c6ccccc6c(-c6ccc7oc8c9ccccc9ccc8c7c6)c6ccccc56)c5ccccc5cc43)c2)c2cc3ccc4c(-c5c6ccccc6c(-c6ccc7oc8c9ccccc9ccc8c7c6)c6ccccc56)cccc4c3cc2c1. The molecule has 0 spiro atoms. The van der Waals surface area contributed by atoms with Gasteiger partial charge in [-0.2, -0.15) is 0 Å². The third-order valence-corrected chi connectivity index (χ3v) is 21.7. The van der Waals surface area contributed by atoms with Gasteiger partial charge >= 0.3 is 0 Å². The number of hydrogen-bond acceptors (Lipinski definition) is 2. The highest BCUT2D eigenvalue weighted by molar-refractivity contribution is 6.31. The lowest BCUT2D eigenvalue weighted by Gasteiger charge is -2.21. The van der Waals surface area contributed by atoms with Crippen LogP contribution in [0.4, 0.5) is 0 Å². The number of benzene rings is 20. The maximum Gasteiger partial charge on any atom is 0.143 e. The summed E-state index contributed by atoms with van der Waals surface area (Å²) in [7, 11) is 0. The number of furan rings is 2. The summed E-state index contributed by atoms with van der Waals surface area (Å²) in [6.45, 7) is 0. The van der Waals surface area contributed by atoms with Gasteiger partial charge in [-0.05, 0) is 235 Å². The summed E-state index contributed by atoms with van der Waals surface area (Å²) in [4.78, 5) is 0. The maximum absolute atomic E-state index is 6.65. The monoisotopic (exact) mass is 1240 g/mol. The van der Waals surface area contributed by atoms with Gasteiger partial charge in [0.15, 0.2) is 0 Å². The molecule has 0 atom stereocenters. The number of fused-ring (bicyclic) bond motifs is 22. The molecule has 0 aliphatic rings. The molecule has 0 N–H and O–H groups in total. The van der Waals surface area contributed by atoms with Crippen molar-refractivity contribution in [3.63, 3.8) is 0 Å². The van der Waals surface area contributed by atoms with E-state index in [1.807, 2.05) is 0 Å². The number of rotatable bonds is 5. The molecule has 0 unspecified atom stereocenters. The molecule has 2 heterocycles. The van der Waals surface area contributed by atoms with Gasteiger partial charge < -0.3 is 8.83 Å². The Kier molecular flexibility index (Phi) is 11.1. The van der Waals surface area contributed by atoms with Crippen LogP contribution in [0.5, 0.6) is 0 Å². The van der Waals surface area contributed by atoms with E-state index in [0.717, 1.165) is 54.6 Å². The molecule has 0 bridgehead atoms. The normalized spacial score (nSPS) is 12.3. The average Bonchev–Trinajstić information content (AvgIpc) is 0.800. The zero-order chi connectivity index (χ0) is 63.8. The fourth-order valence-corrected chi connectivity index (χ4v) is 17.4. The molecule has 450 valence electrons. The molecule has 0 saturated carbocycles. The Labute approximate surface area is 561 Å². The highest BCUT2D eigenvalue weighted by Gasteiger charge is 2.25. The second-order valence-electron chi connectivity index (χ2n) is 26.8. The van der Waals surface area contributed by atoms with E-state index in [4.69, 9.17) is 8.83 Å². The van der Waals surface area contributed by atoms with Crippen molar-refractivity contribution >= 4 is 173 Å². The van der Waals surface area contributed by atoms with E-state index in [0.29, 0.717) is 0 Å². The Hall–Kier alpha value is -12.9. The molecule has 0 fully saturated rings. The summed E-state index contributed by atoms with van der Waals surface area (Å²) < 4.78 is 13.3. The van der Waals surface area contributed by atoms with Gasteiger partial charge in [0, 0.05) is 32.3 Å². The molecule has 22 aromatic rings. The largest absolute Gasteiger partial charge is 0.455 e. The Morgan fingerprint density at radius 2 is 0.500 bits per heavy atom. The van der Waals surface area contributed by atoms with Crippen LogP contribution in [0.25, 0.3) is 229 Å². The molecular formula is C96H54O2. The van der Waals surface area contributed by atoms with Crippen molar-refractivity contribution in [2.45, 2.75) is 0 Å². The van der Waals surface area contributed by atoms with Crippen molar-refractivity contribution in [2.24, 2.45) is 0 Å². The molecule has 0 saturated heterocycles. The van der Waals surface area contributed by atoms with Crippen LogP contribution in [0.15, 0.2) is 336 Å². The topological polar surface area (TPSA) is 26.3 Å². The second-order valence-corrected chi connectivity index (χ2v) is 26.8. The molecule has 98 heavy (non-hydrogen) atoms. The summed E-state index contributed by atoms with van der Waals surface area (Å²) in [6, 6.07) is 122. The highest BCUT2D eigenvalue weighted by atomic mass is 16.3. The van der Waals surface area contributed by atoms with Crippen molar-refractivity contribution in [2.75, 3.05) is 0 Å². The van der Waals surface area contributed by atoms with Gasteiger partial charge in [0.1, 0.15) is 22.3 Å². The third-order valence-electron chi connectivity index (χ3n) is 21.7. The molecule has 2 nitrogen and oxygen atoms in total. The van der Waals surface area contributed by atoms with Crippen LogP contribution < -0.4 is 0 Å². The van der Waals surface area contributed by atoms with Crippen LogP contribution in [0, 0.1) is 0 Å². The first kappa shape index (κ1) is 53.5. The fraction of sp³-hybridized carbons (Fsp3) is 0. The standard InChI is InChI=1S/C96H54O2/c1-5-22-67-55(17-1)35-45-81-86-53-62(40-47-88(86)97-95(67)81)90-72-24-7-11-28-76(72)92(77-29-12-8-25-73(77)90)71-34-16-33-69-70(71)43-38-61-51-83-58(50-84(61)69)20-15-32-64(83)59-37-42-65-60(49-59)39-44-80-85(65)52-57-19-3-4-21-66(57)93(80)94-78-30-13-9-26-74(78)91(75-27-10-14-31-79(75)94)63-41-48-89-87(54-63)82-46-36-56-18-2-6-23-68(56)96(82)98-89/h1-54H. The lowest BCUT2D eigenvalue weighted by Crippen LogP contribution is -1.93. The minimum atomic E-state index is 0.896. The van der Waals surface area contributed by atoms with Crippen LogP contribution >= 0.6 is 0 Å². The van der Waals surface area contributed by atoms with E-state index in [9.17, 15) is 0 Å². The Morgan fingerprint density at radius 3 is 1.08 bits per heavy atom. The minimum absolute atomic E-state index is 0.896. The molecule has 2 aromatic heterocycles. The first-order valence-electron chi connectivity index (χ1n) is 33.9. The summed E-state index contributed by atoms with van der Waals surface area (Å²) in [5.41, 5.74) is 15.9. The van der Waals surface area contributed by atoms with Crippen molar-refractivity contribution < 1.29 is 8.83 Å².